The lowest BCUT2D eigenvalue weighted by Crippen LogP contribution is -2.33. The predicted molar refractivity (Wildman–Crippen MR) is 134 cm³/mol. The van der Waals surface area contributed by atoms with Gasteiger partial charge in [-0.05, 0) is 62.2 Å². The van der Waals surface area contributed by atoms with Crippen LogP contribution in [0.5, 0.6) is 5.75 Å². The second kappa shape index (κ2) is 12.2. The lowest BCUT2D eigenvalue weighted by atomic mass is 9.98. The molecule has 0 aliphatic rings. The lowest BCUT2D eigenvalue weighted by Gasteiger charge is -2.24. The van der Waals surface area contributed by atoms with Gasteiger partial charge in [0.2, 0.25) is 5.91 Å². The first kappa shape index (κ1) is 25.3. The van der Waals surface area contributed by atoms with Crippen LogP contribution < -0.4 is 15.4 Å². The number of nitriles is 1. The van der Waals surface area contributed by atoms with Crippen molar-refractivity contribution in [1.82, 2.24) is 5.32 Å². The first-order valence-corrected chi connectivity index (χ1v) is 11.4. The molecule has 0 radical (unpaired) electrons. The van der Waals surface area contributed by atoms with E-state index in [1.807, 2.05) is 56.3 Å². The highest BCUT2D eigenvalue weighted by Crippen LogP contribution is 2.33. The third-order valence-electron chi connectivity index (χ3n) is 5.30. The van der Waals surface area contributed by atoms with Crippen molar-refractivity contribution in [2.75, 3.05) is 18.5 Å². The molecule has 0 fully saturated rings. The Morgan fingerprint density at radius 1 is 1.03 bits per heavy atom. The van der Waals surface area contributed by atoms with Crippen LogP contribution in [0.3, 0.4) is 0 Å². The molecule has 0 aliphatic heterocycles. The maximum absolute atomic E-state index is 13.5. The molecule has 7 heteroatoms. The molecule has 0 aromatic heterocycles. The van der Waals surface area contributed by atoms with E-state index >= 15 is 0 Å². The molecule has 0 saturated carbocycles. The van der Waals surface area contributed by atoms with E-state index < -0.39 is 12.0 Å². The lowest BCUT2D eigenvalue weighted by molar-refractivity contribution is -0.145. The highest BCUT2D eigenvalue weighted by Gasteiger charge is 2.26. The number of hydrogen-bond donors (Lipinski definition) is 2. The van der Waals surface area contributed by atoms with E-state index in [-0.39, 0.29) is 19.1 Å². The van der Waals surface area contributed by atoms with Crippen molar-refractivity contribution >= 4 is 17.6 Å². The minimum Gasteiger partial charge on any atom is -0.481 e. The van der Waals surface area contributed by atoms with E-state index in [1.165, 1.54) is 0 Å². The van der Waals surface area contributed by atoms with Crippen LogP contribution in [-0.4, -0.2) is 25.1 Å². The molecule has 0 bridgehead atoms. The van der Waals surface area contributed by atoms with Crippen molar-refractivity contribution in [3.8, 4) is 11.8 Å². The van der Waals surface area contributed by atoms with Gasteiger partial charge in [-0.1, -0.05) is 42.0 Å². The quantitative estimate of drug-likeness (QED) is 0.420. The molecule has 180 valence electrons. The zero-order valence-corrected chi connectivity index (χ0v) is 20.1. The van der Waals surface area contributed by atoms with Crippen LogP contribution in [0.2, 0.25) is 0 Å². The van der Waals surface area contributed by atoms with Gasteiger partial charge in [0.25, 0.3) is 0 Å². The van der Waals surface area contributed by atoms with E-state index in [2.05, 4.69) is 16.7 Å². The number of nitrogens with zero attached hydrogens (tertiary/aromatic N) is 1. The molecule has 0 heterocycles. The van der Waals surface area contributed by atoms with Crippen LogP contribution in [0, 0.1) is 25.2 Å². The third kappa shape index (κ3) is 7.08. The molecule has 3 aromatic carbocycles. The molecule has 0 saturated heterocycles. The number of nitrogens with one attached hydrogen (secondary N) is 2. The summed E-state index contributed by atoms with van der Waals surface area (Å²) in [5.41, 5.74) is 4.50. The Hall–Kier alpha value is -4.31. The molecule has 35 heavy (non-hydrogen) atoms. The normalized spacial score (nSPS) is 11.1. The highest BCUT2D eigenvalue weighted by molar-refractivity contribution is 5.87. The maximum atomic E-state index is 13.5. The molecule has 0 aliphatic carbocycles. The number of ether oxygens (including phenoxy) is 2. The van der Waals surface area contributed by atoms with Gasteiger partial charge in [0.1, 0.15) is 11.8 Å². The van der Waals surface area contributed by atoms with Crippen LogP contribution in [0.15, 0.2) is 66.7 Å². The highest BCUT2D eigenvalue weighted by atomic mass is 16.6. The summed E-state index contributed by atoms with van der Waals surface area (Å²) in [7, 11) is 0. The zero-order chi connectivity index (χ0) is 25.2. The Labute approximate surface area is 205 Å². The minimum atomic E-state index is -0.817. The van der Waals surface area contributed by atoms with Crippen LogP contribution in [-0.2, 0) is 20.9 Å². The summed E-state index contributed by atoms with van der Waals surface area (Å²) < 4.78 is 10.9. The Bertz CT molecular complexity index is 1200. The van der Waals surface area contributed by atoms with Crippen LogP contribution in [0.4, 0.5) is 5.69 Å². The van der Waals surface area contributed by atoms with Crippen molar-refractivity contribution in [3.63, 3.8) is 0 Å². The predicted octanol–water partition coefficient (Wildman–Crippen LogP) is 4.59. The van der Waals surface area contributed by atoms with E-state index in [0.29, 0.717) is 29.1 Å². The number of esters is 1. The average molecular weight is 472 g/mol. The smallest absolute Gasteiger partial charge is 0.344 e. The van der Waals surface area contributed by atoms with Crippen LogP contribution in [0.1, 0.15) is 40.8 Å². The fourth-order valence-electron chi connectivity index (χ4n) is 3.71. The Morgan fingerprint density at radius 3 is 2.40 bits per heavy atom. The molecule has 1 atom stereocenters. The molecule has 1 unspecified atom stereocenters. The van der Waals surface area contributed by atoms with Crippen molar-refractivity contribution in [2.45, 2.75) is 33.4 Å². The summed E-state index contributed by atoms with van der Waals surface area (Å²) in [5.74, 6) is -0.294. The van der Waals surface area contributed by atoms with E-state index in [4.69, 9.17) is 14.7 Å². The largest absolute Gasteiger partial charge is 0.481 e. The second-order valence-electron chi connectivity index (χ2n) is 8.06. The first-order chi connectivity index (χ1) is 16.9. The second-order valence-corrected chi connectivity index (χ2v) is 8.06. The standard InChI is InChI=1S/C28H29N3O4/c1-4-34-25(32)18-35-27-20(3)14-19(2)15-24(27)26(31-23-12-10-21(16-29)11-13-23)28(33)30-17-22-8-6-5-7-9-22/h5-15,26,31H,4,17-18H2,1-3H3,(H,30,33). The summed E-state index contributed by atoms with van der Waals surface area (Å²) in [6, 6.07) is 21.6. The van der Waals surface area contributed by atoms with Crippen LogP contribution in [0.25, 0.3) is 0 Å². The number of aryl methyl sites for hydroxylation is 2. The van der Waals surface area contributed by atoms with Crippen molar-refractivity contribution in [1.29, 1.82) is 5.26 Å². The number of amides is 1. The summed E-state index contributed by atoms with van der Waals surface area (Å²) in [6.45, 7) is 5.89. The minimum absolute atomic E-state index is 0.257. The Balaban J connectivity index is 1.95. The fourth-order valence-corrected chi connectivity index (χ4v) is 3.71. The van der Waals surface area contributed by atoms with Gasteiger partial charge in [0.05, 0.1) is 18.2 Å². The van der Waals surface area contributed by atoms with Gasteiger partial charge in [-0.15, -0.1) is 0 Å². The molecule has 3 aromatic rings. The Morgan fingerprint density at radius 2 is 1.74 bits per heavy atom. The van der Waals surface area contributed by atoms with Gasteiger partial charge in [-0.25, -0.2) is 4.79 Å². The number of hydrogen-bond acceptors (Lipinski definition) is 6. The number of carbonyl (C=O) groups excluding carboxylic acids is 2. The van der Waals surface area contributed by atoms with E-state index in [0.717, 1.165) is 16.7 Å². The number of anilines is 1. The van der Waals surface area contributed by atoms with Gasteiger partial charge >= 0.3 is 5.97 Å². The van der Waals surface area contributed by atoms with Gasteiger partial charge in [0.15, 0.2) is 6.61 Å². The molecule has 2 N–H and O–H groups in total. The molecule has 3 rings (SSSR count). The van der Waals surface area contributed by atoms with Gasteiger partial charge in [-0.3, -0.25) is 4.79 Å². The van der Waals surface area contributed by atoms with E-state index in [1.54, 1.807) is 31.2 Å². The van der Waals surface area contributed by atoms with E-state index in [9.17, 15) is 9.59 Å². The number of rotatable bonds is 10. The van der Waals surface area contributed by atoms with Crippen LogP contribution >= 0.6 is 0 Å². The van der Waals surface area contributed by atoms with Gasteiger partial charge < -0.3 is 20.1 Å². The molecule has 0 spiro atoms. The summed E-state index contributed by atoms with van der Waals surface area (Å²) in [4.78, 5) is 25.4. The van der Waals surface area contributed by atoms with Gasteiger partial charge in [0, 0.05) is 17.8 Å². The summed E-state index contributed by atoms with van der Waals surface area (Å²) in [6.07, 6.45) is 0. The Kier molecular flexibility index (Phi) is 8.85. The van der Waals surface area contributed by atoms with Gasteiger partial charge in [-0.2, -0.15) is 5.26 Å². The maximum Gasteiger partial charge on any atom is 0.344 e. The summed E-state index contributed by atoms with van der Waals surface area (Å²) in [5, 5.41) is 15.4. The molecule has 7 nitrogen and oxygen atoms in total. The number of carbonyl (C=O) groups is 2. The van der Waals surface area contributed by atoms with Crippen molar-refractivity contribution in [2.24, 2.45) is 0 Å². The first-order valence-electron chi connectivity index (χ1n) is 11.4. The topological polar surface area (TPSA) is 100 Å². The fraction of sp³-hybridized carbons (Fsp3) is 0.250. The van der Waals surface area contributed by atoms with Crippen molar-refractivity contribution < 1.29 is 19.1 Å². The SMILES string of the molecule is CCOC(=O)COc1c(C)cc(C)cc1C(Nc1ccc(C#N)cc1)C(=O)NCc1ccccc1. The zero-order valence-electron chi connectivity index (χ0n) is 20.1. The van der Waals surface area contributed by atoms with Crippen molar-refractivity contribution in [3.05, 3.63) is 94.5 Å². The third-order valence-corrected chi connectivity index (χ3v) is 5.30. The molecular formula is C28H29N3O4. The molecule has 1 amide bonds. The summed E-state index contributed by atoms with van der Waals surface area (Å²) >= 11 is 0. The molecular weight excluding hydrogens is 442 g/mol. The monoisotopic (exact) mass is 471 g/mol. The average Bonchev–Trinajstić information content (AvgIpc) is 2.86. The number of benzene rings is 3.